The Bertz CT molecular complexity index is 1270. The van der Waals surface area contributed by atoms with Crippen molar-refractivity contribution in [2.75, 3.05) is 12.3 Å². The van der Waals surface area contributed by atoms with Crippen LogP contribution < -0.4 is 21.5 Å². The Labute approximate surface area is 217 Å². The van der Waals surface area contributed by atoms with Crippen LogP contribution >= 0.6 is 0 Å². The van der Waals surface area contributed by atoms with Crippen LogP contribution in [0.2, 0.25) is 0 Å². The molecule has 0 spiro atoms. The molecule has 1 aliphatic heterocycles. The predicted octanol–water partition coefficient (Wildman–Crippen LogP) is 4.80. The van der Waals surface area contributed by atoms with Crippen LogP contribution in [0.15, 0.2) is 78.4 Å². The largest absolute Gasteiger partial charge is 0.475 e. The van der Waals surface area contributed by atoms with Gasteiger partial charge in [0, 0.05) is 12.1 Å². The van der Waals surface area contributed by atoms with E-state index in [0.29, 0.717) is 41.6 Å². The van der Waals surface area contributed by atoms with E-state index in [9.17, 15) is 0 Å². The molecule has 2 aliphatic rings. The van der Waals surface area contributed by atoms with E-state index in [4.69, 9.17) is 20.9 Å². The molecular weight excluding hydrogens is 464 g/mol. The Kier molecular flexibility index (Phi) is 7.10. The summed E-state index contributed by atoms with van der Waals surface area (Å²) < 4.78 is 11.7. The van der Waals surface area contributed by atoms with Gasteiger partial charge in [0.1, 0.15) is 18.6 Å². The standard InChI is InChI=1S/C29H34N6O2/c1-19(36-17-21-6-4-3-5-7-21)32-16-20-8-10-22(11-9-20)23-12-14-24(15-13-23)26-29(2,31)37-28-25(35-26)27(30)33-18-34-28/h3-7,12-15,18,20,22,32H,1,8-11,16-17,31H2,2H3,(H2,30,33,34). The van der Waals surface area contributed by atoms with Gasteiger partial charge in [-0.1, -0.05) is 54.6 Å². The number of aliphatic imine (C=N–C) groups is 1. The summed E-state index contributed by atoms with van der Waals surface area (Å²) in [5.41, 5.74) is 15.7. The number of nitrogens with one attached hydrogen (secondary N) is 1. The van der Waals surface area contributed by atoms with Crippen molar-refractivity contribution in [1.82, 2.24) is 15.3 Å². The first-order chi connectivity index (χ1) is 17.9. The van der Waals surface area contributed by atoms with E-state index >= 15 is 0 Å². The lowest BCUT2D eigenvalue weighted by molar-refractivity contribution is 0.158. The van der Waals surface area contributed by atoms with Gasteiger partial charge in [0.05, 0.1) is 0 Å². The zero-order chi connectivity index (χ0) is 25.8. The summed E-state index contributed by atoms with van der Waals surface area (Å²) in [5.74, 6) is 2.37. The fourth-order valence-corrected chi connectivity index (χ4v) is 5.05. The fraction of sp³-hybridized carbons (Fsp3) is 0.345. The monoisotopic (exact) mass is 498 g/mol. The van der Waals surface area contributed by atoms with Crippen molar-refractivity contribution >= 4 is 17.2 Å². The van der Waals surface area contributed by atoms with Gasteiger partial charge in [-0.3, -0.25) is 5.73 Å². The molecule has 0 saturated heterocycles. The molecule has 1 aromatic heterocycles. The van der Waals surface area contributed by atoms with Crippen molar-refractivity contribution in [3.8, 4) is 5.88 Å². The maximum absolute atomic E-state index is 6.44. The molecule has 3 aromatic rings. The normalized spacial score (nSPS) is 22.8. The van der Waals surface area contributed by atoms with Gasteiger partial charge in [0.2, 0.25) is 11.6 Å². The highest BCUT2D eigenvalue weighted by Gasteiger charge is 2.36. The molecule has 192 valence electrons. The molecule has 0 amide bonds. The summed E-state index contributed by atoms with van der Waals surface area (Å²) in [7, 11) is 0. The average molecular weight is 499 g/mol. The zero-order valence-corrected chi connectivity index (χ0v) is 21.2. The van der Waals surface area contributed by atoms with Gasteiger partial charge in [-0.25, -0.2) is 9.98 Å². The van der Waals surface area contributed by atoms with Gasteiger partial charge < -0.3 is 20.5 Å². The van der Waals surface area contributed by atoms with Crippen LogP contribution in [0.5, 0.6) is 5.88 Å². The summed E-state index contributed by atoms with van der Waals surface area (Å²) >= 11 is 0. The molecule has 1 unspecified atom stereocenters. The van der Waals surface area contributed by atoms with Gasteiger partial charge in [-0.2, -0.15) is 4.98 Å². The number of fused-ring (bicyclic) bond motifs is 1. The van der Waals surface area contributed by atoms with Crippen LogP contribution in [0.4, 0.5) is 11.5 Å². The van der Waals surface area contributed by atoms with Crippen molar-refractivity contribution in [2.24, 2.45) is 16.6 Å². The molecule has 1 aliphatic carbocycles. The summed E-state index contributed by atoms with van der Waals surface area (Å²) in [6, 6.07) is 18.6. The maximum Gasteiger partial charge on any atom is 0.247 e. The van der Waals surface area contributed by atoms with Crippen molar-refractivity contribution in [1.29, 1.82) is 0 Å². The van der Waals surface area contributed by atoms with Gasteiger partial charge in [-0.15, -0.1) is 0 Å². The van der Waals surface area contributed by atoms with Crippen LogP contribution in [0.1, 0.15) is 55.2 Å². The van der Waals surface area contributed by atoms with E-state index in [0.717, 1.165) is 30.5 Å². The first-order valence-corrected chi connectivity index (χ1v) is 12.8. The number of nitrogens with zero attached hydrogens (tertiary/aromatic N) is 3. The van der Waals surface area contributed by atoms with E-state index in [1.165, 1.54) is 24.7 Å². The highest BCUT2D eigenvalue weighted by molar-refractivity contribution is 6.09. The van der Waals surface area contributed by atoms with Gasteiger partial charge in [0.15, 0.2) is 17.4 Å². The predicted molar refractivity (Wildman–Crippen MR) is 145 cm³/mol. The van der Waals surface area contributed by atoms with Gasteiger partial charge in [-0.05, 0) is 62.1 Å². The third kappa shape index (κ3) is 5.75. The molecule has 37 heavy (non-hydrogen) atoms. The van der Waals surface area contributed by atoms with Crippen molar-refractivity contribution in [3.05, 3.63) is 90.1 Å². The second kappa shape index (κ2) is 10.6. The Morgan fingerprint density at radius 1 is 1.08 bits per heavy atom. The van der Waals surface area contributed by atoms with E-state index in [1.54, 1.807) is 6.92 Å². The number of aromatic nitrogens is 2. The minimum atomic E-state index is -1.12. The number of nitrogen functional groups attached to an aromatic ring is 1. The number of ether oxygens (including phenoxy) is 2. The number of anilines is 1. The van der Waals surface area contributed by atoms with E-state index in [2.05, 4.69) is 63.3 Å². The van der Waals surface area contributed by atoms with Crippen LogP contribution in [0, 0.1) is 5.92 Å². The summed E-state index contributed by atoms with van der Waals surface area (Å²) in [6.07, 6.45) is 6.00. The van der Waals surface area contributed by atoms with E-state index < -0.39 is 5.72 Å². The smallest absolute Gasteiger partial charge is 0.247 e. The fourth-order valence-electron chi connectivity index (χ4n) is 5.05. The van der Waals surface area contributed by atoms with Gasteiger partial charge in [0.25, 0.3) is 0 Å². The molecule has 8 nitrogen and oxygen atoms in total. The van der Waals surface area contributed by atoms with Crippen LogP contribution in [0.25, 0.3) is 0 Å². The molecular formula is C29H34N6O2. The Morgan fingerprint density at radius 3 is 2.54 bits per heavy atom. The van der Waals surface area contributed by atoms with Crippen molar-refractivity contribution in [3.63, 3.8) is 0 Å². The molecule has 2 aromatic carbocycles. The van der Waals surface area contributed by atoms with E-state index in [1.807, 2.05) is 18.2 Å². The summed E-state index contributed by atoms with van der Waals surface area (Å²) in [6.45, 7) is 7.22. The molecule has 1 atom stereocenters. The first-order valence-electron chi connectivity index (χ1n) is 12.8. The number of hydrogen-bond donors (Lipinski definition) is 3. The Balaban J connectivity index is 1.14. The SMILES string of the molecule is C=C(NCC1CCC(c2ccc(C3=Nc4c(N)ncnc4OC3(C)N)cc2)CC1)OCc1ccccc1. The third-order valence-electron chi connectivity index (χ3n) is 7.17. The van der Waals surface area contributed by atoms with Crippen molar-refractivity contribution < 1.29 is 9.47 Å². The minimum Gasteiger partial charge on any atom is -0.475 e. The lowest BCUT2D eigenvalue weighted by Crippen LogP contribution is -2.52. The first kappa shape index (κ1) is 24.8. The van der Waals surface area contributed by atoms with Crippen LogP contribution in [-0.4, -0.2) is 27.9 Å². The lowest BCUT2D eigenvalue weighted by Gasteiger charge is -2.32. The molecule has 5 rings (SSSR count). The Hall–Kier alpha value is -3.91. The molecule has 1 fully saturated rings. The molecule has 0 bridgehead atoms. The van der Waals surface area contributed by atoms with Crippen molar-refractivity contribution in [2.45, 2.75) is 50.9 Å². The highest BCUT2D eigenvalue weighted by Crippen LogP contribution is 2.39. The number of benzene rings is 2. The second-order valence-corrected chi connectivity index (χ2v) is 10.0. The quantitative estimate of drug-likeness (QED) is 0.382. The third-order valence-corrected chi connectivity index (χ3v) is 7.17. The zero-order valence-electron chi connectivity index (χ0n) is 21.2. The Morgan fingerprint density at radius 2 is 1.81 bits per heavy atom. The van der Waals surface area contributed by atoms with Gasteiger partial charge >= 0.3 is 0 Å². The number of rotatable bonds is 8. The summed E-state index contributed by atoms with van der Waals surface area (Å²) in [5, 5.41) is 3.37. The molecule has 8 heteroatoms. The minimum absolute atomic E-state index is 0.271. The van der Waals surface area contributed by atoms with Crippen LogP contribution in [0.3, 0.4) is 0 Å². The summed E-state index contributed by atoms with van der Waals surface area (Å²) in [4.78, 5) is 12.8. The average Bonchev–Trinajstić information content (AvgIpc) is 2.91. The molecule has 0 radical (unpaired) electrons. The lowest BCUT2D eigenvalue weighted by atomic mass is 9.78. The molecule has 1 saturated carbocycles. The molecule has 5 N–H and O–H groups in total. The second-order valence-electron chi connectivity index (χ2n) is 10.0. The number of nitrogens with two attached hydrogens (primary N) is 2. The topological polar surface area (TPSA) is 121 Å². The molecule has 2 heterocycles. The highest BCUT2D eigenvalue weighted by atomic mass is 16.5. The maximum atomic E-state index is 6.44. The van der Waals surface area contributed by atoms with Crippen LogP contribution in [-0.2, 0) is 11.3 Å². The number of hydrogen-bond acceptors (Lipinski definition) is 8. The van der Waals surface area contributed by atoms with E-state index in [-0.39, 0.29) is 5.82 Å².